The summed E-state index contributed by atoms with van der Waals surface area (Å²) in [7, 11) is 0. The summed E-state index contributed by atoms with van der Waals surface area (Å²) in [6, 6.07) is 2.43. The number of nitrogens with one attached hydrogen (secondary N) is 2. The number of rotatable bonds is 6. The molecule has 0 aromatic heterocycles. The summed E-state index contributed by atoms with van der Waals surface area (Å²) in [6.07, 6.45) is 4.92. The molecular formula is C21H28F2N2O2. The summed E-state index contributed by atoms with van der Waals surface area (Å²) in [5.41, 5.74) is -0.655. The minimum atomic E-state index is -0.939. The summed E-state index contributed by atoms with van der Waals surface area (Å²) < 4.78 is 27.7. The summed E-state index contributed by atoms with van der Waals surface area (Å²) in [6.45, 7) is 5.61. The predicted molar refractivity (Wildman–Crippen MR) is 99.0 cm³/mol. The zero-order valence-corrected chi connectivity index (χ0v) is 16.1. The lowest BCUT2D eigenvalue weighted by atomic mass is 9.84. The molecule has 2 aliphatic carbocycles. The monoisotopic (exact) mass is 378 g/mol. The molecule has 2 bridgehead atoms. The Bertz CT molecular complexity index is 702. The van der Waals surface area contributed by atoms with Crippen molar-refractivity contribution in [2.75, 3.05) is 0 Å². The van der Waals surface area contributed by atoms with Gasteiger partial charge in [0.25, 0.3) is 5.91 Å². The molecule has 1 aromatic carbocycles. The van der Waals surface area contributed by atoms with Crippen LogP contribution < -0.4 is 10.6 Å². The molecule has 27 heavy (non-hydrogen) atoms. The molecule has 2 fully saturated rings. The van der Waals surface area contributed by atoms with Crippen LogP contribution >= 0.6 is 0 Å². The van der Waals surface area contributed by atoms with Crippen LogP contribution in [0, 0.1) is 35.3 Å². The predicted octanol–water partition coefficient (Wildman–Crippen LogP) is 3.66. The topological polar surface area (TPSA) is 58.2 Å². The normalized spacial score (nSPS) is 26.1. The first-order chi connectivity index (χ1) is 12.8. The van der Waals surface area contributed by atoms with E-state index < -0.39 is 29.1 Å². The van der Waals surface area contributed by atoms with Crippen molar-refractivity contribution in [2.24, 2.45) is 23.7 Å². The van der Waals surface area contributed by atoms with Crippen LogP contribution in [0.1, 0.15) is 56.8 Å². The molecule has 5 atom stereocenters. The molecule has 0 aliphatic heterocycles. The van der Waals surface area contributed by atoms with Gasteiger partial charge in [0, 0.05) is 6.04 Å². The van der Waals surface area contributed by atoms with Crippen molar-refractivity contribution in [1.82, 2.24) is 10.6 Å². The lowest BCUT2D eigenvalue weighted by molar-refractivity contribution is -0.125. The molecule has 2 N–H and O–H groups in total. The molecule has 2 aliphatic rings. The van der Waals surface area contributed by atoms with Crippen molar-refractivity contribution < 1.29 is 18.4 Å². The number of carbonyl (C=O) groups is 2. The van der Waals surface area contributed by atoms with Crippen LogP contribution in [-0.2, 0) is 4.79 Å². The van der Waals surface area contributed by atoms with Crippen molar-refractivity contribution in [1.29, 1.82) is 0 Å². The Kier molecular flexibility index (Phi) is 5.82. The van der Waals surface area contributed by atoms with Crippen molar-refractivity contribution in [2.45, 2.75) is 58.5 Å². The third kappa shape index (κ3) is 4.14. The Morgan fingerprint density at radius 1 is 1.04 bits per heavy atom. The van der Waals surface area contributed by atoms with Gasteiger partial charge in [0.1, 0.15) is 23.2 Å². The van der Waals surface area contributed by atoms with Gasteiger partial charge >= 0.3 is 0 Å². The first-order valence-electron chi connectivity index (χ1n) is 9.83. The second-order valence-electron chi connectivity index (χ2n) is 8.43. The van der Waals surface area contributed by atoms with Crippen LogP contribution in [0.5, 0.6) is 0 Å². The number of halogens is 2. The van der Waals surface area contributed by atoms with E-state index in [1.54, 1.807) is 13.8 Å². The van der Waals surface area contributed by atoms with Crippen LogP contribution in [0.25, 0.3) is 0 Å². The van der Waals surface area contributed by atoms with Gasteiger partial charge in [-0.25, -0.2) is 8.78 Å². The SMILES string of the molecule is CC(C)[C@H](NC(=O)c1c(F)cccc1F)C(=O)N[C@H](C)[C@@H]1C[C@@H]2CC[C@@H]1C2. The summed E-state index contributed by atoms with van der Waals surface area (Å²) >= 11 is 0. The molecule has 1 aromatic rings. The van der Waals surface area contributed by atoms with E-state index in [-0.39, 0.29) is 17.9 Å². The fourth-order valence-corrected chi connectivity index (χ4v) is 4.79. The Morgan fingerprint density at radius 3 is 2.22 bits per heavy atom. The van der Waals surface area contributed by atoms with E-state index in [2.05, 4.69) is 10.6 Å². The van der Waals surface area contributed by atoms with Gasteiger partial charge in [-0.3, -0.25) is 9.59 Å². The molecule has 0 heterocycles. The third-order valence-electron chi connectivity index (χ3n) is 6.23. The van der Waals surface area contributed by atoms with Gasteiger partial charge in [-0.05, 0) is 62.0 Å². The fourth-order valence-electron chi connectivity index (χ4n) is 4.79. The van der Waals surface area contributed by atoms with Gasteiger partial charge in [0.2, 0.25) is 5.91 Å². The second-order valence-corrected chi connectivity index (χ2v) is 8.43. The highest BCUT2D eigenvalue weighted by Crippen LogP contribution is 2.49. The molecule has 4 nitrogen and oxygen atoms in total. The molecule has 6 heteroatoms. The molecule has 0 radical (unpaired) electrons. The number of hydrogen-bond acceptors (Lipinski definition) is 2. The minimum Gasteiger partial charge on any atom is -0.352 e. The van der Waals surface area contributed by atoms with Crippen LogP contribution in [0.15, 0.2) is 18.2 Å². The molecule has 148 valence electrons. The van der Waals surface area contributed by atoms with Crippen molar-refractivity contribution in [3.8, 4) is 0 Å². The van der Waals surface area contributed by atoms with E-state index in [1.807, 2.05) is 6.92 Å². The highest BCUT2D eigenvalue weighted by atomic mass is 19.1. The zero-order chi connectivity index (χ0) is 19.7. The van der Waals surface area contributed by atoms with Crippen LogP contribution in [-0.4, -0.2) is 23.9 Å². The highest BCUT2D eigenvalue weighted by molar-refractivity contribution is 5.98. The molecule has 0 saturated heterocycles. The van der Waals surface area contributed by atoms with Crippen molar-refractivity contribution >= 4 is 11.8 Å². The quantitative estimate of drug-likeness (QED) is 0.794. The van der Waals surface area contributed by atoms with E-state index >= 15 is 0 Å². The number of benzene rings is 1. The number of hydrogen-bond donors (Lipinski definition) is 2. The average molecular weight is 378 g/mol. The third-order valence-corrected chi connectivity index (χ3v) is 6.23. The Labute approximate surface area is 159 Å². The van der Waals surface area contributed by atoms with E-state index in [9.17, 15) is 18.4 Å². The van der Waals surface area contributed by atoms with Crippen LogP contribution in [0.3, 0.4) is 0 Å². The Balaban J connectivity index is 1.66. The number of amides is 2. The van der Waals surface area contributed by atoms with Gasteiger partial charge in [-0.2, -0.15) is 0 Å². The maximum Gasteiger partial charge on any atom is 0.257 e. The molecule has 0 unspecified atom stereocenters. The highest BCUT2D eigenvalue weighted by Gasteiger charge is 2.42. The summed E-state index contributed by atoms with van der Waals surface area (Å²) in [5.74, 6) is -1.38. The molecule has 2 saturated carbocycles. The molecular weight excluding hydrogens is 350 g/mol. The van der Waals surface area contributed by atoms with Crippen molar-refractivity contribution in [3.05, 3.63) is 35.4 Å². The first-order valence-corrected chi connectivity index (χ1v) is 9.83. The van der Waals surface area contributed by atoms with Gasteiger partial charge in [0.05, 0.1) is 0 Å². The smallest absolute Gasteiger partial charge is 0.257 e. The average Bonchev–Trinajstić information content (AvgIpc) is 3.22. The summed E-state index contributed by atoms with van der Waals surface area (Å²) in [4.78, 5) is 25.2. The number of fused-ring (bicyclic) bond motifs is 2. The maximum atomic E-state index is 13.9. The van der Waals surface area contributed by atoms with Crippen LogP contribution in [0.4, 0.5) is 8.78 Å². The largest absolute Gasteiger partial charge is 0.352 e. The standard InChI is InChI=1S/C21H28F2N2O2/c1-11(2)19(25-20(26)18-16(22)5-4-6-17(18)23)21(27)24-12(3)15-10-13-7-8-14(15)9-13/h4-6,11-15,19H,7-10H2,1-3H3,(H,24,27)(H,25,26)/t12-,13-,14-,15+,19+/m1/s1. The van der Waals surface area contributed by atoms with E-state index in [1.165, 1.54) is 25.3 Å². The van der Waals surface area contributed by atoms with E-state index in [4.69, 9.17) is 0 Å². The fraction of sp³-hybridized carbons (Fsp3) is 0.619. The summed E-state index contributed by atoms with van der Waals surface area (Å²) in [5, 5.41) is 5.55. The minimum absolute atomic E-state index is 0.0242. The van der Waals surface area contributed by atoms with Gasteiger partial charge in [-0.15, -0.1) is 0 Å². The van der Waals surface area contributed by atoms with E-state index in [0.717, 1.165) is 24.5 Å². The van der Waals surface area contributed by atoms with Gasteiger partial charge in [0.15, 0.2) is 0 Å². The maximum absolute atomic E-state index is 13.9. The zero-order valence-electron chi connectivity index (χ0n) is 16.1. The molecule has 2 amide bonds. The Morgan fingerprint density at radius 2 is 1.70 bits per heavy atom. The van der Waals surface area contributed by atoms with Gasteiger partial charge in [-0.1, -0.05) is 26.3 Å². The van der Waals surface area contributed by atoms with E-state index in [0.29, 0.717) is 11.8 Å². The lowest BCUT2D eigenvalue weighted by Gasteiger charge is -2.31. The number of carbonyl (C=O) groups excluding carboxylic acids is 2. The Hall–Kier alpha value is -1.98. The van der Waals surface area contributed by atoms with Crippen LogP contribution in [0.2, 0.25) is 0 Å². The van der Waals surface area contributed by atoms with Gasteiger partial charge < -0.3 is 10.6 Å². The second kappa shape index (κ2) is 7.95. The first kappa shape index (κ1) is 19.8. The molecule has 0 spiro atoms. The lowest BCUT2D eigenvalue weighted by Crippen LogP contribution is -2.53. The molecule has 3 rings (SSSR count). The van der Waals surface area contributed by atoms with Crippen molar-refractivity contribution in [3.63, 3.8) is 0 Å².